The van der Waals surface area contributed by atoms with E-state index in [1.165, 1.54) is 10.5 Å². The fraction of sp³-hybridized carbons (Fsp3) is 0.0556. The van der Waals surface area contributed by atoms with Gasteiger partial charge in [-0.25, -0.2) is 4.98 Å². The molecule has 1 heterocycles. The summed E-state index contributed by atoms with van der Waals surface area (Å²) in [5.74, 6) is 0. The summed E-state index contributed by atoms with van der Waals surface area (Å²) in [5.41, 5.74) is 3.02. The highest BCUT2D eigenvalue weighted by molar-refractivity contribution is 7.98. The van der Waals surface area contributed by atoms with Gasteiger partial charge >= 0.3 is 0 Å². The second-order valence-corrected chi connectivity index (χ2v) is 6.00. The Kier molecular flexibility index (Phi) is 4.28. The Morgan fingerprint density at radius 3 is 2.48 bits per heavy atom. The summed E-state index contributed by atoms with van der Waals surface area (Å²) in [6, 6.07) is 18.3. The van der Waals surface area contributed by atoms with Gasteiger partial charge in [0.2, 0.25) is 0 Å². The van der Waals surface area contributed by atoms with Gasteiger partial charge in [0, 0.05) is 15.3 Å². The minimum atomic E-state index is 0.712. The van der Waals surface area contributed by atoms with Crippen LogP contribution >= 0.6 is 23.4 Å². The van der Waals surface area contributed by atoms with Crippen molar-refractivity contribution in [3.05, 3.63) is 70.9 Å². The van der Waals surface area contributed by atoms with Crippen molar-refractivity contribution >= 4 is 46.4 Å². The van der Waals surface area contributed by atoms with Crippen molar-refractivity contribution in [2.75, 3.05) is 6.26 Å². The summed E-state index contributed by atoms with van der Waals surface area (Å²) in [6.07, 6.45) is 6.17. The first-order chi connectivity index (χ1) is 10.2. The molecule has 0 aliphatic heterocycles. The predicted octanol–water partition coefficient (Wildman–Crippen LogP) is 5.78. The Bertz CT molecular complexity index is 794. The summed E-state index contributed by atoms with van der Waals surface area (Å²) < 4.78 is 0. The van der Waals surface area contributed by atoms with E-state index in [2.05, 4.69) is 47.6 Å². The lowest BCUT2D eigenvalue weighted by Crippen LogP contribution is -1.83. The van der Waals surface area contributed by atoms with E-state index in [1.54, 1.807) is 11.8 Å². The van der Waals surface area contributed by atoms with Gasteiger partial charge in [-0.05, 0) is 48.2 Å². The summed E-state index contributed by atoms with van der Waals surface area (Å²) in [6.45, 7) is 0. The molecular formula is C18H14ClNS. The van der Waals surface area contributed by atoms with E-state index in [0.29, 0.717) is 5.02 Å². The molecule has 3 aromatic rings. The normalized spacial score (nSPS) is 11.3. The van der Waals surface area contributed by atoms with E-state index in [4.69, 9.17) is 11.6 Å². The number of hydrogen-bond donors (Lipinski definition) is 0. The predicted molar refractivity (Wildman–Crippen MR) is 93.9 cm³/mol. The van der Waals surface area contributed by atoms with Crippen molar-refractivity contribution in [1.29, 1.82) is 0 Å². The second kappa shape index (κ2) is 6.33. The number of fused-ring (bicyclic) bond motifs is 1. The molecule has 0 N–H and O–H groups in total. The molecule has 0 bridgehead atoms. The molecule has 0 radical (unpaired) electrons. The van der Waals surface area contributed by atoms with Crippen LogP contribution in [0.2, 0.25) is 5.02 Å². The molecule has 104 valence electrons. The second-order valence-electron chi connectivity index (χ2n) is 4.68. The Morgan fingerprint density at radius 1 is 0.952 bits per heavy atom. The van der Waals surface area contributed by atoms with Gasteiger partial charge in [0.1, 0.15) is 0 Å². The first-order valence-corrected chi connectivity index (χ1v) is 8.23. The van der Waals surface area contributed by atoms with Crippen molar-refractivity contribution in [2.45, 2.75) is 4.90 Å². The van der Waals surface area contributed by atoms with E-state index < -0.39 is 0 Å². The number of benzene rings is 2. The molecule has 0 spiro atoms. The summed E-state index contributed by atoms with van der Waals surface area (Å²) in [7, 11) is 0. The highest BCUT2D eigenvalue weighted by Gasteiger charge is 1.97. The van der Waals surface area contributed by atoms with Gasteiger partial charge in [-0.15, -0.1) is 11.8 Å². The van der Waals surface area contributed by atoms with Crippen LogP contribution in [0.3, 0.4) is 0 Å². The smallest absolute Gasteiger partial charge is 0.0724 e. The van der Waals surface area contributed by atoms with Crippen LogP contribution in [-0.4, -0.2) is 11.2 Å². The van der Waals surface area contributed by atoms with Crippen LogP contribution in [0.1, 0.15) is 11.3 Å². The fourth-order valence-corrected chi connectivity index (χ4v) is 2.67. The zero-order valence-corrected chi connectivity index (χ0v) is 13.2. The maximum absolute atomic E-state index is 6.01. The number of nitrogens with zero attached hydrogens (tertiary/aromatic N) is 1. The van der Waals surface area contributed by atoms with Crippen molar-refractivity contribution < 1.29 is 0 Å². The van der Waals surface area contributed by atoms with Crippen molar-refractivity contribution in [2.24, 2.45) is 0 Å². The van der Waals surface area contributed by atoms with E-state index in [0.717, 1.165) is 16.6 Å². The molecule has 3 heteroatoms. The topological polar surface area (TPSA) is 12.9 Å². The monoisotopic (exact) mass is 311 g/mol. The summed E-state index contributed by atoms with van der Waals surface area (Å²) in [5, 5.41) is 1.81. The zero-order chi connectivity index (χ0) is 14.7. The molecule has 0 fully saturated rings. The average Bonchev–Trinajstić information content (AvgIpc) is 2.53. The lowest BCUT2D eigenvalue weighted by atomic mass is 10.1. The van der Waals surface area contributed by atoms with Crippen LogP contribution < -0.4 is 0 Å². The SMILES string of the molecule is CSc1ccc(/C=C/c2ccc3ccc(Cl)cc3n2)cc1. The van der Waals surface area contributed by atoms with Crippen LogP contribution in [0, 0.1) is 0 Å². The Hall–Kier alpha value is -1.77. The van der Waals surface area contributed by atoms with Gasteiger partial charge in [-0.1, -0.05) is 41.9 Å². The number of rotatable bonds is 3. The molecule has 1 aromatic heterocycles. The highest BCUT2D eigenvalue weighted by Crippen LogP contribution is 2.19. The number of hydrogen-bond acceptors (Lipinski definition) is 2. The molecule has 0 saturated carbocycles. The lowest BCUT2D eigenvalue weighted by molar-refractivity contribution is 1.37. The van der Waals surface area contributed by atoms with Gasteiger partial charge in [-0.3, -0.25) is 0 Å². The van der Waals surface area contributed by atoms with Gasteiger partial charge in [0.05, 0.1) is 11.2 Å². The molecule has 21 heavy (non-hydrogen) atoms. The maximum Gasteiger partial charge on any atom is 0.0724 e. The third kappa shape index (κ3) is 3.46. The maximum atomic E-state index is 6.01. The van der Waals surface area contributed by atoms with Gasteiger partial charge in [-0.2, -0.15) is 0 Å². The molecule has 0 aliphatic carbocycles. The molecule has 3 rings (SSSR count). The van der Waals surface area contributed by atoms with Gasteiger partial charge < -0.3 is 0 Å². The van der Waals surface area contributed by atoms with Crippen molar-refractivity contribution in [3.63, 3.8) is 0 Å². The van der Waals surface area contributed by atoms with Gasteiger partial charge in [0.15, 0.2) is 0 Å². The molecule has 0 amide bonds. The molecule has 2 aromatic carbocycles. The third-order valence-corrected chi connectivity index (χ3v) is 4.22. The molecule has 1 nitrogen and oxygen atoms in total. The first kappa shape index (κ1) is 14.2. The number of aromatic nitrogens is 1. The molecule has 0 aliphatic rings. The van der Waals surface area contributed by atoms with Crippen LogP contribution in [0.25, 0.3) is 23.1 Å². The zero-order valence-electron chi connectivity index (χ0n) is 11.6. The average molecular weight is 312 g/mol. The molecular weight excluding hydrogens is 298 g/mol. The largest absolute Gasteiger partial charge is 0.248 e. The van der Waals surface area contributed by atoms with Crippen LogP contribution in [0.15, 0.2) is 59.5 Å². The van der Waals surface area contributed by atoms with Crippen LogP contribution in [0.4, 0.5) is 0 Å². The van der Waals surface area contributed by atoms with Crippen LogP contribution in [0.5, 0.6) is 0 Å². The van der Waals surface area contributed by atoms with Crippen molar-refractivity contribution in [1.82, 2.24) is 4.98 Å². The Morgan fingerprint density at radius 2 is 1.71 bits per heavy atom. The van der Waals surface area contributed by atoms with E-state index in [-0.39, 0.29) is 0 Å². The molecule has 0 saturated heterocycles. The van der Waals surface area contributed by atoms with Crippen LogP contribution in [-0.2, 0) is 0 Å². The number of thioether (sulfide) groups is 1. The van der Waals surface area contributed by atoms with Crippen molar-refractivity contribution in [3.8, 4) is 0 Å². The molecule has 0 atom stereocenters. The Labute approximate surface area is 133 Å². The minimum Gasteiger partial charge on any atom is -0.248 e. The third-order valence-electron chi connectivity index (χ3n) is 3.24. The van der Waals surface area contributed by atoms with E-state index in [1.807, 2.05) is 30.3 Å². The molecule has 0 unspecified atom stereocenters. The fourth-order valence-electron chi connectivity index (χ4n) is 2.10. The van der Waals surface area contributed by atoms with Gasteiger partial charge in [0.25, 0.3) is 0 Å². The summed E-state index contributed by atoms with van der Waals surface area (Å²) in [4.78, 5) is 5.88. The first-order valence-electron chi connectivity index (χ1n) is 6.63. The van der Waals surface area contributed by atoms with E-state index >= 15 is 0 Å². The summed E-state index contributed by atoms with van der Waals surface area (Å²) >= 11 is 7.76. The standard InChI is InChI=1S/C18H14ClNS/c1-21-17-10-3-13(4-11-17)2-8-16-9-6-14-5-7-15(19)12-18(14)20-16/h2-12H,1H3/b8-2+. The lowest BCUT2D eigenvalue weighted by Gasteiger charge is -2.00. The Balaban J connectivity index is 1.87. The number of pyridine rings is 1. The minimum absolute atomic E-state index is 0.712. The highest BCUT2D eigenvalue weighted by atomic mass is 35.5. The number of halogens is 1. The van der Waals surface area contributed by atoms with E-state index in [9.17, 15) is 0 Å². The quantitative estimate of drug-likeness (QED) is 0.569.